The van der Waals surface area contributed by atoms with Gasteiger partial charge in [-0.25, -0.2) is 0 Å². The van der Waals surface area contributed by atoms with Gasteiger partial charge in [-0.2, -0.15) is 5.26 Å². The van der Waals surface area contributed by atoms with Crippen LogP contribution >= 0.6 is 0 Å². The van der Waals surface area contributed by atoms with Gasteiger partial charge in [0.2, 0.25) is 0 Å². The molecule has 0 spiro atoms. The minimum absolute atomic E-state index is 0.0927. The SMILES string of the molecule is CC(C)CCC[C@@H](C)[C@H]1CC[C@H]2[C@@H]3CCC4(C#N)CC(C)(C=O)CC[C@]4(C)[C@H]3CC[C@]12C. The average Bonchev–Trinajstić information content (AvgIpc) is 3.11. The van der Waals surface area contributed by atoms with E-state index in [9.17, 15) is 10.1 Å². The van der Waals surface area contributed by atoms with Crippen molar-refractivity contribution in [3.05, 3.63) is 0 Å². The standard InChI is InChI=1S/C30H49NO/c1-21(2)8-7-9-22(3)24-10-11-25-23-12-15-30(19-31)18-27(4,20-32)16-17-29(30,6)26(23)13-14-28(24,25)5/h20-26H,7-18H2,1-6H3/t22-,23+,24-,25+,26+,27?,28-,29-,30?/m1/s1. The molecule has 180 valence electrons. The molecule has 4 fully saturated rings. The molecule has 0 aromatic carbocycles. The Labute approximate surface area is 198 Å². The van der Waals surface area contributed by atoms with Gasteiger partial charge in [0.05, 0.1) is 11.5 Å². The maximum Gasteiger partial charge on any atom is 0.125 e. The van der Waals surface area contributed by atoms with Gasteiger partial charge >= 0.3 is 0 Å². The second-order valence-corrected chi connectivity index (χ2v) is 14.0. The molecule has 4 rings (SSSR count). The Balaban J connectivity index is 1.54. The molecule has 0 N–H and O–H groups in total. The Bertz CT molecular complexity index is 752. The van der Waals surface area contributed by atoms with Gasteiger partial charge in [0.25, 0.3) is 0 Å². The smallest absolute Gasteiger partial charge is 0.125 e. The fourth-order valence-electron chi connectivity index (χ4n) is 9.92. The summed E-state index contributed by atoms with van der Waals surface area (Å²) in [4.78, 5) is 11.9. The Morgan fingerprint density at radius 1 is 0.938 bits per heavy atom. The number of fused-ring (bicyclic) bond motifs is 5. The molecule has 2 unspecified atom stereocenters. The first kappa shape index (κ1) is 24.3. The second kappa shape index (κ2) is 8.43. The van der Waals surface area contributed by atoms with E-state index in [1.54, 1.807) is 0 Å². The highest BCUT2D eigenvalue weighted by Crippen LogP contribution is 2.72. The fraction of sp³-hybridized carbons (Fsp3) is 0.933. The van der Waals surface area contributed by atoms with Crippen molar-refractivity contribution in [3.8, 4) is 6.07 Å². The summed E-state index contributed by atoms with van der Waals surface area (Å²) in [6.45, 7) is 14.5. The van der Waals surface area contributed by atoms with Crippen LogP contribution in [0.25, 0.3) is 0 Å². The van der Waals surface area contributed by atoms with Crippen LogP contribution in [-0.4, -0.2) is 6.29 Å². The van der Waals surface area contributed by atoms with E-state index in [0.717, 1.165) is 61.6 Å². The Hall–Kier alpha value is -0.840. The first-order chi connectivity index (χ1) is 15.0. The third-order valence-corrected chi connectivity index (χ3v) is 11.9. The summed E-state index contributed by atoms with van der Waals surface area (Å²) in [5.41, 5.74) is 0.00989. The van der Waals surface area contributed by atoms with Crippen LogP contribution in [-0.2, 0) is 4.79 Å². The van der Waals surface area contributed by atoms with Gasteiger partial charge in [-0.15, -0.1) is 0 Å². The molecule has 4 aliphatic carbocycles. The van der Waals surface area contributed by atoms with Crippen LogP contribution < -0.4 is 0 Å². The van der Waals surface area contributed by atoms with Crippen molar-refractivity contribution in [2.45, 2.75) is 119 Å². The lowest BCUT2D eigenvalue weighted by Gasteiger charge is -2.65. The van der Waals surface area contributed by atoms with Crippen LogP contribution in [0.4, 0.5) is 0 Å². The zero-order valence-electron chi connectivity index (χ0n) is 21.9. The van der Waals surface area contributed by atoms with Crippen molar-refractivity contribution in [3.63, 3.8) is 0 Å². The predicted octanol–water partition coefficient (Wildman–Crippen LogP) is 8.21. The molecule has 4 saturated carbocycles. The van der Waals surface area contributed by atoms with Crippen LogP contribution in [0, 0.1) is 68.5 Å². The molecule has 0 amide bonds. The van der Waals surface area contributed by atoms with Crippen LogP contribution in [0.2, 0.25) is 0 Å². The lowest BCUT2D eigenvalue weighted by Crippen LogP contribution is -2.59. The number of carbonyl (C=O) groups is 1. The van der Waals surface area contributed by atoms with Crippen LogP contribution in [0.15, 0.2) is 0 Å². The summed E-state index contributed by atoms with van der Waals surface area (Å²) < 4.78 is 0. The molecular weight excluding hydrogens is 390 g/mol. The van der Waals surface area contributed by atoms with Crippen molar-refractivity contribution in [2.75, 3.05) is 0 Å². The summed E-state index contributed by atoms with van der Waals surface area (Å²) >= 11 is 0. The largest absolute Gasteiger partial charge is 0.303 e. The van der Waals surface area contributed by atoms with Crippen molar-refractivity contribution >= 4 is 6.29 Å². The molecule has 0 aliphatic heterocycles. The molecule has 32 heavy (non-hydrogen) atoms. The Morgan fingerprint density at radius 2 is 1.69 bits per heavy atom. The van der Waals surface area contributed by atoms with E-state index in [1.807, 2.05) is 0 Å². The van der Waals surface area contributed by atoms with Crippen molar-refractivity contribution < 1.29 is 4.79 Å². The van der Waals surface area contributed by atoms with Gasteiger partial charge in [0.1, 0.15) is 6.29 Å². The quantitative estimate of drug-likeness (QED) is 0.391. The highest BCUT2D eigenvalue weighted by Gasteiger charge is 2.66. The van der Waals surface area contributed by atoms with Gasteiger partial charge in [0.15, 0.2) is 0 Å². The van der Waals surface area contributed by atoms with E-state index in [1.165, 1.54) is 51.4 Å². The van der Waals surface area contributed by atoms with E-state index in [4.69, 9.17) is 0 Å². The maximum atomic E-state index is 11.9. The zero-order valence-corrected chi connectivity index (χ0v) is 21.9. The van der Waals surface area contributed by atoms with Crippen LogP contribution in [0.5, 0.6) is 0 Å². The molecule has 0 aromatic heterocycles. The normalized spacial score (nSPS) is 48.9. The molecule has 0 radical (unpaired) electrons. The molecule has 2 heteroatoms. The Morgan fingerprint density at radius 3 is 2.34 bits per heavy atom. The third kappa shape index (κ3) is 3.60. The number of hydrogen-bond acceptors (Lipinski definition) is 2. The van der Waals surface area contributed by atoms with Gasteiger partial charge in [-0.05, 0) is 104 Å². The third-order valence-electron chi connectivity index (χ3n) is 11.9. The highest BCUT2D eigenvalue weighted by atomic mass is 16.1. The molecule has 0 saturated heterocycles. The summed E-state index contributed by atoms with van der Waals surface area (Å²) in [5.74, 6) is 4.89. The Kier molecular flexibility index (Phi) is 6.40. The van der Waals surface area contributed by atoms with Crippen molar-refractivity contribution in [1.29, 1.82) is 5.26 Å². The number of carbonyl (C=O) groups excluding carboxylic acids is 1. The topological polar surface area (TPSA) is 40.9 Å². The van der Waals surface area contributed by atoms with Gasteiger partial charge in [-0.3, -0.25) is 0 Å². The monoisotopic (exact) mass is 439 g/mol. The molecule has 4 aliphatic rings. The van der Waals surface area contributed by atoms with E-state index in [-0.39, 0.29) is 16.2 Å². The highest BCUT2D eigenvalue weighted by molar-refractivity contribution is 5.59. The molecule has 0 bridgehead atoms. The van der Waals surface area contributed by atoms with E-state index >= 15 is 0 Å². The molecule has 0 aromatic rings. The molecule has 9 atom stereocenters. The van der Waals surface area contributed by atoms with Crippen LogP contribution in [0.1, 0.15) is 119 Å². The number of rotatable bonds is 6. The number of hydrogen-bond donors (Lipinski definition) is 0. The molecular formula is C30H49NO. The molecule has 0 heterocycles. The minimum Gasteiger partial charge on any atom is -0.303 e. The summed E-state index contributed by atoms with van der Waals surface area (Å²) in [6, 6.07) is 2.85. The summed E-state index contributed by atoms with van der Waals surface area (Å²) in [7, 11) is 0. The molecule has 2 nitrogen and oxygen atoms in total. The lowest BCUT2D eigenvalue weighted by atomic mass is 9.38. The second-order valence-electron chi connectivity index (χ2n) is 14.0. The van der Waals surface area contributed by atoms with Crippen molar-refractivity contribution in [1.82, 2.24) is 0 Å². The maximum absolute atomic E-state index is 11.9. The first-order valence-electron chi connectivity index (χ1n) is 13.9. The minimum atomic E-state index is -0.296. The predicted molar refractivity (Wildman–Crippen MR) is 132 cm³/mol. The number of nitriles is 1. The van der Waals surface area contributed by atoms with Gasteiger partial charge in [-0.1, -0.05) is 60.8 Å². The lowest BCUT2D eigenvalue weighted by molar-refractivity contribution is -0.161. The van der Waals surface area contributed by atoms with E-state index < -0.39 is 0 Å². The van der Waals surface area contributed by atoms with E-state index in [0.29, 0.717) is 11.3 Å². The van der Waals surface area contributed by atoms with Crippen molar-refractivity contribution in [2.24, 2.45) is 57.2 Å². The zero-order chi connectivity index (χ0) is 23.4. The van der Waals surface area contributed by atoms with Crippen LogP contribution in [0.3, 0.4) is 0 Å². The van der Waals surface area contributed by atoms with E-state index in [2.05, 4.69) is 47.6 Å². The number of nitrogens with zero attached hydrogens (tertiary/aromatic N) is 1. The first-order valence-corrected chi connectivity index (χ1v) is 13.9. The van der Waals surface area contributed by atoms with Gasteiger partial charge in [0, 0.05) is 5.41 Å². The van der Waals surface area contributed by atoms with Gasteiger partial charge < -0.3 is 4.79 Å². The fourth-order valence-corrected chi connectivity index (χ4v) is 9.92. The summed E-state index contributed by atoms with van der Waals surface area (Å²) in [6.07, 6.45) is 15.9. The summed E-state index contributed by atoms with van der Waals surface area (Å²) in [5, 5.41) is 10.5. The number of aldehydes is 1. The average molecular weight is 440 g/mol.